The average Bonchev–Trinajstić information content (AvgIpc) is 2.97. The summed E-state index contributed by atoms with van der Waals surface area (Å²) in [4.78, 5) is 4.57. The van der Waals surface area contributed by atoms with Crippen molar-refractivity contribution >= 4 is 22.6 Å². The minimum atomic E-state index is 0. The molecule has 1 atom stereocenters. The quantitative estimate of drug-likeness (QED) is 0.796. The van der Waals surface area contributed by atoms with E-state index in [1.807, 2.05) is 19.3 Å². The number of halogens is 1. The molecule has 24 heavy (non-hydrogen) atoms. The van der Waals surface area contributed by atoms with Crippen LogP contribution in [0.1, 0.15) is 36.1 Å². The van der Waals surface area contributed by atoms with Crippen molar-refractivity contribution in [2.75, 3.05) is 20.7 Å². The van der Waals surface area contributed by atoms with Crippen molar-refractivity contribution in [1.29, 1.82) is 0 Å². The number of benzene rings is 1. The normalized spacial score (nSPS) is 14.1. The molecule has 3 nitrogen and oxygen atoms in total. The topological polar surface area (TPSA) is 34.2 Å². The molecule has 1 aliphatic carbocycles. The largest absolute Gasteiger partial charge is 0.497 e. The minimum absolute atomic E-state index is 0. The molecule has 0 aliphatic heterocycles. The maximum Gasteiger partial charge on any atom is 0.119 e. The predicted octanol–water partition coefficient (Wildman–Crippen LogP) is 4.39. The highest BCUT2D eigenvalue weighted by Crippen LogP contribution is 2.43. The lowest BCUT2D eigenvalue weighted by Crippen LogP contribution is -2.09. The maximum absolute atomic E-state index is 5.39. The third-order valence-corrected chi connectivity index (χ3v) is 4.63. The second-order valence-corrected chi connectivity index (χ2v) is 6.05. The molecule has 0 bridgehead atoms. The molecule has 0 fully saturated rings. The van der Waals surface area contributed by atoms with E-state index in [2.05, 4.69) is 47.6 Å². The van der Waals surface area contributed by atoms with Crippen LogP contribution in [-0.2, 0) is 6.42 Å². The van der Waals surface area contributed by atoms with Gasteiger partial charge in [0.15, 0.2) is 0 Å². The lowest BCUT2D eigenvalue weighted by molar-refractivity contribution is 0.414. The number of hydrogen-bond donors (Lipinski definition) is 1. The summed E-state index contributed by atoms with van der Waals surface area (Å²) in [5.74, 6) is 1.24. The van der Waals surface area contributed by atoms with Gasteiger partial charge in [0.2, 0.25) is 0 Å². The Labute approximate surface area is 154 Å². The van der Waals surface area contributed by atoms with E-state index in [1.54, 1.807) is 7.11 Å². The van der Waals surface area contributed by atoms with Crippen LogP contribution < -0.4 is 10.1 Å². The third kappa shape index (κ3) is 3.70. The molecule has 1 heterocycles. The summed E-state index contributed by atoms with van der Waals surface area (Å²) in [6, 6.07) is 12.6. The lowest BCUT2D eigenvalue weighted by Gasteiger charge is -2.17. The molecule has 0 radical (unpaired) electrons. The standard InChI is InChI=1S/C20H24N2O.BrH/c1-14(19-6-4-5-10-22-19)20-15(9-11-21-2)12-16-13-17(23-3)7-8-18(16)20;/h4-8,10,13-14,21H,9,11-12H2,1-3H3;1H. The number of fused-ring (bicyclic) bond motifs is 1. The van der Waals surface area contributed by atoms with Gasteiger partial charge in [-0.25, -0.2) is 0 Å². The monoisotopic (exact) mass is 388 g/mol. The second-order valence-electron chi connectivity index (χ2n) is 6.05. The number of hydrogen-bond acceptors (Lipinski definition) is 3. The van der Waals surface area contributed by atoms with E-state index in [0.717, 1.165) is 30.8 Å². The van der Waals surface area contributed by atoms with Gasteiger partial charge in [-0.15, -0.1) is 17.0 Å². The number of ether oxygens (including phenoxy) is 1. The molecular weight excluding hydrogens is 364 g/mol. The van der Waals surface area contributed by atoms with Crippen molar-refractivity contribution in [3.05, 3.63) is 65.0 Å². The van der Waals surface area contributed by atoms with E-state index in [4.69, 9.17) is 4.74 Å². The first-order valence-electron chi connectivity index (χ1n) is 8.19. The highest BCUT2D eigenvalue weighted by molar-refractivity contribution is 8.93. The van der Waals surface area contributed by atoms with Crippen molar-refractivity contribution in [3.63, 3.8) is 0 Å². The van der Waals surface area contributed by atoms with E-state index >= 15 is 0 Å². The summed E-state index contributed by atoms with van der Waals surface area (Å²) in [5, 5.41) is 3.27. The fraction of sp³-hybridized carbons (Fsp3) is 0.350. The van der Waals surface area contributed by atoms with Crippen LogP contribution >= 0.6 is 17.0 Å². The fourth-order valence-corrected chi connectivity index (χ4v) is 3.44. The number of pyridine rings is 1. The smallest absolute Gasteiger partial charge is 0.119 e. The van der Waals surface area contributed by atoms with Crippen LogP contribution in [0.2, 0.25) is 0 Å². The molecule has 0 spiro atoms. The van der Waals surface area contributed by atoms with Crippen molar-refractivity contribution in [2.45, 2.75) is 25.7 Å². The number of rotatable bonds is 6. The minimum Gasteiger partial charge on any atom is -0.497 e. The van der Waals surface area contributed by atoms with E-state index in [-0.39, 0.29) is 17.0 Å². The molecule has 1 aromatic carbocycles. The predicted molar refractivity (Wildman–Crippen MR) is 105 cm³/mol. The lowest BCUT2D eigenvalue weighted by atomic mass is 9.89. The molecule has 1 aliphatic rings. The van der Waals surface area contributed by atoms with Crippen molar-refractivity contribution in [3.8, 4) is 5.75 Å². The Balaban J connectivity index is 0.00000208. The summed E-state index contributed by atoms with van der Waals surface area (Å²) in [6.07, 6.45) is 3.96. The first-order chi connectivity index (χ1) is 11.2. The number of aromatic nitrogens is 1. The molecule has 4 heteroatoms. The van der Waals surface area contributed by atoms with E-state index < -0.39 is 0 Å². The van der Waals surface area contributed by atoms with Gasteiger partial charge < -0.3 is 10.1 Å². The van der Waals surface area contributed by atoms with E-state index in [0.29, 0.717) is 5.92 Å². The van der Waals surface area contributed by atoms with Crippen LogP contribution in [-0.4, -0.2) is 25.7 Å². The number of nitrogens with zero attached hydrogens (tertiary/aromatic N) is 1. The Kier molecular flexibility index (Phi) is 6.58. The van der Waals surface area contributed by atoms with Gasteiger partial charge in [-0.2, -0.15) is 0 Å². The molecule has 1 aromatic heterocycles. The Morgan fingerprint density at radius 1 is 1.25 bits per heavy atom. The second kappa shape index (κ2) is 8.45. The van der Waals surface area contributed by atoms with Crippen LogP contribution in [0.3, 0.4) is 0 Å². The summed E-state index contributed by atoms with van der Waals surface area (Å²) >= 11 is 0. The highest BCUT2D eigenvalue weighted by atomic mass is 79.9. The summed E-state index contributed by atoms with van der Waals surface area (Å²) < 4.78 is 5.39. The molecule has 1 N–H and O–H groups in total. The number of nitrogens with one attached hydrogen (secondary N) is 1. The Morgan fingerprint density at radius 2 is 2.08 bits per heavy atom. The number of methoxy groups -OCH3 is 1. The zero-order valence-electron chi connectivity index (χ0n) is 14.5. The van der Waals surface area contributed by atoms with Crippen LogP contribution in [0.5, 0.6) is 5.75 Å². The van der Waals surface area contributed by atoms with Gasteiger partial charge in [0, 0.05) is 17.8 Å². The first-order valence-corrected chi connectivity index (χ1v) is 8.19. The summed E-state index contributed by atoms with van der Waals surface area (Å²) in [6.45, 7) is 3.26. The molecule has 0 saturated carbocycles. The van der Waals surface area contributed by atoms with E-state index in [1.165, 1.54) is 22.3 Å². The van der Waals surface area contributed by atoms with Crippen LogP contribution in [0.15, 0.2) is 48.2 Å². The Bertz CT molecular complexity index is 713. The molecule has 0 amide bonds. The van der Waals surface area contributed by atoms with Gasteiger partial charge in [-0.05, 0) is 67.4 Å². The van der Waals surface area contributed by atoms with Gasteiger partial charge in [0.1, 0.15) is 5.75 Å². The van der Waals surface area contributed by atoms with Gasteiger partial charge >= 0.3 is 0 Å². The number of allylic oxidation sites excluding steroid dienone is 1. The van der Waals surface area contributed by atoms with Crippen molar-refractivity contribution < 1.29 is 4.74 Å². The average molecular weight is 389 g/mol. The summed E-state index contributed by atoms with van der Waals surface area (Å²) in [5.41, 5.74) is 6.81. The fourth-order valence-electron chi connectivity index (χ4n) is 3.44. The molecule has 1 unspecified atom stereocenters. The van der Waals surface area contributed by atoms with Crippen molar-refractivity contribution in [1.82, 2.24) is 10.3 Å². The maximum atomic E-state index is 5.39. The van der Waals surface area contributed by atoms with Crippen LogP contribution in [0.25, 0.3) is 5.57 Å². The Morgan fingerprint density at radius 3 is 2.75 bits per heavy atom. The van der Waals surface area contributed by atoms with Gasteiger partial charge in [0.05, 0.1) is 7.11 Å². The molecule has 0 saturated heterocycles. The van der Waals surface area contributed by atoms with Crippen LogP contribution in [0, 0.1) is 0 Å². The zero-order chi connectivity index (χ0) is 16.2. The molecule has 128 valence electrons. The van der Waals surface area contributed by atoms with Crippen LogP contribution in [0.4, 0.5) is 0 Å². The molecule has 2 aromatic rings. The van der Waals surface area contributed by atoms with Crippen molar-refractivity contribution in [2.24, 2.45) is 0 Å². The van der Waals surface area contributed by atoms with Gasteiger partial charge in [-0.3, -0.25) is 4.98 Å². The Hall–Kier alpha value is -1.65. The SMILES string of the molecule is Br.CNCCC1=C(C(C)c2ccccn2)c2ccc(OC)cc2C1. The van der Waals surface area contributed by atoms with Gasteiger partial charge in [0.25, 0.3) is 0 Å². The molecule has 3 rings (SSSR count). The first kappa shape index (κ1) is 18.7. The third-order valence-electron chi connectivity index (χ3n) is 4.63. The van der Waals surface area contributed by atoms with E-state index in [9.17, 15) is 0 Å². The zero-order valence-corrected chi connectivity index (χ0v) is 16.2. The highest BCUT2D eigenvalue weighted by Gasteiger charge is 2.26. The van der Waals surface area contributed by atoms with Gasteiger partial charge in [-0.1, -0.05) is 24.6 Å². The molecular formula is C20H25BrN2O. The summed E-state index contributed by atoms with van der Waals surface area (Å²) in [7, 11) is 3.73.